The molecule has 1 fully saturated rings. The summed E-state index contributed by atoms with van der Waals surface area (Å²) in [6, 6.07) is 0. The van der Waals surface area contributed by atoms with Crippen molar-refractivity contribution in [3.8, 4) is 0 Å². The highest BCUT2D eigenvalue weighted by atomic mass is 35.5. The van der Waals surface area contributed by atoms with Crippen LogP contribution in [0.1, 0.15) is 26.7 Å². The first-order chi connectivity index (χ1) is 8.24. The Bertz CT molecular complexity index is 473. The third-order valence-electron chi connectivity index (χ3n) is 3.59. The van der Waals surface area contributed by atoms with Crippen molar-refractivity contribution >= 4 is 24.1 Å². The summed E-state index contributed by atoms with van der Waals surface area (Å²) in [6.07, 6.45) is 4.58. The standard InChI is InChI=1S/C13H18N4.ClH/c1-8-5-9(2)12-10(6-8)7-11(12)16-17-13-14-3-4-15-13;/h5,10H,3-4,6-7H2,1-2H3,(H2,14,15,17);1H. The van der Waals surface area contributed by atoms with Crippen LogP contribution < -0.4 is 10.7 Å². The Balaban J connectivity index is 0.00000120. The van der Waals surface area contributed by atoms with Crippen molar-refractivity contribution in [3.05, 3.63) is 22.8 Å². The molecule has 0 radical (unpaired) electrons. The van der Waals surface area contributed by atoms with Crippen molar-refractivity contribution < 1.29 is 0 Å². The fourth-order valence-corrected chi connectivity index (χ4v) is 2.87. The van der Waals surface area contributed by atoms with Crippen LogP contribution in [0.4, 0.5) is 0 Å². The van der Waals surface area contributed by atoms with E-state index >= 15 is 0 Å². The van der Waals surface area contributed by atoms with E-state index in [9.17, 15) is 0 Å². The third kappa shape index (κ3) is 2.29. The lowest BCUT2D eigenvalue weighted by Crippen LogP contribution is -2.36. The van der Waals surface area contributed by atoms with Gasteiger partial charge in [-0.15, -0.1) is 12.4 Å². The Labute approximate surface area is 114 Å². The highest BCUT2D eigenvalue weighted by molar-refractivity contribution is 6.08. The number of fused-ring (bicyclic) bond motifs is 1. The molecule has 98 valence electrons. The van der Waals surface area contributed by atoms with Gasteiger partial charge in [0.1, 0.15) is 0 Å². The lowest BCUT2D eigenvalue weighted by atomic mass is 9.69. The predicted molar refractivity (Wildman–Crippen MR) is 77.3 cm³/mol. The van der Waals surface area contributed by atoms with E-state index in [4.69, 9.17) is 0 Å². The molecule has 2 N–H and O–H groups in total. The van der Waals surface area contributed by atoms with E-state index in [2.05, 4.69) is 40.8 Å². The summed E-state index contributed by atoms with van der Waals surface area (Å²) in [5.41, 5.74) is 8.54. The molecular formula is C13H19ClN4. The zero-order valence-corrected chi connectivity index (χ0v) is 11.6. The van der Waals surface area contributed by atoms with Gasteiger partial charge in [0, 0.05) is 6.54 Å². The van der Waals surface area contributed by atoms with Crippen LogP contribution in [0.5, 0.6) is 0 Å². The van der Waals surface area contributed by atoms with Crippen LogP contribution in [0.3, 0.4) is 0 Å². The highest BCUT2D eigenvalue weighted by Gasteiger charge is 2.34. The van der Waals surface area contributed by atoms with Gasteiger partial charge in [-0.05, 0) is 43.8 Å². The number of nitrogens with zero attached hydrogens (tertiary/aromatic N) is 2. The first kappa shape index (κ1) is 13.1. The molecule has 4 nitrogen and oxygen atoms in total. The fraction of sp³-hybridized carbons (Fsp3) is 0.538. The maximum absolute atomic E-state index is 4.46. The van der Waals surface area contributed by atoms with Gasteiger partial charge in [0.2, 0.25) is 5.96 Å². The minimum absolute atomic E-state index is 0. The van der Waals surface area contributed by atoms with Gasteiger partial charge in [0.25, 0.3) is 0 Å². The molecule has 1 aliphatic heterocycles. The molecule has 0 spiro atoms. The van der Waals surface area contributed by atoms with E-state index in [1.54, 1.807) is 0 Å². The van der Waals surface area contributed by atoms with E-state index < -0.39 is 0 Å². The SMILES string of the molecule is CC1=CC(C)=C2C(=NNC3=NCCN3)CC2C1.Cl. The topological polar surface area (TPSA) is 48.8 Å². The van der Waals surface area contributed by atoms with Gasteiger partial charge in [-0.2, -0.15) is 5.10 Å². The summed E-state index contributed by atoms with van der Waals surface area (Å²) in [7, 11) is 0. The molecular weight excluding hydrogens is 248 g/mol. The maximum atomic E-state index is 4.46. The zero-order valence-electron chi connectivity index (χ0n) is 10.8. The van der Waals surface area contributed by atoms with Crippen molar-refractivity contribution in [2.24, 2.45) is 16.0 Å². The lowest BCUT2D eigenvalue weighted by Gasteiger charge is -2.36. The summed E-state index contributed by atoms with van der Waals surface area (Å²) in [5, 5.41) is 7.61. The normalized spacial score (nSPS) is 27.7. The van der Waals surface area contributed by atoms with Crippen molar-refractivity contribution in [1.29, 1.82) is 0 Å². The quantitative estimate of drug-likeness (QED) is 0.713. The van der Waals surface area contributed by atoms with Gasteiger partial charge >= 0.3 is 0 Å². The number of hydrazone groups is 1. The second-order valence-electron chi connectivity index (χ2n) is 5.02. The molecule has 1 atom stereocenters. The predicted octanol–water partition coefficient (Wildman–Crippen LogP) is 2.00. The monoisotopic (exact) mass is 266 g/mol. The molecule has 0 aromatic carbocycles. The second kappa shape index (κ2) is 5.14. The maximum Gasteiger partial charge on any atom is 0.212 e. The van der Waals surface area contributed by atoms with E-state index in [1.165, 1.54) is 28.9 Å². The van der Waals surface area contributed by atoms with Crippen molar-refractivity contribution in [1.82, 2.24) is 10.7 Å². The van der Waals surface area contributed by atoms with E-state index in [0.717, 1.165) is 25.5 Å². The van der Waals surface area contributed by atoms with Gasteiger partial charge in [0.05, 0.1) is 12.3 Å². The van der Waals surface area contributed by atoms with Crippen LogP contribution >= 0.6 is 12.4 Å². The van der Waals surface area contributed by atoms with Crippen LogP contribution in [0.2, 0.25) is 0 Å². The number of hydrogen-bond donors (Lipinski definition) is 2. The molecule has 0 aromatic rings. The Morgan fingerprint density at radius 1 is 1.39 bits per heavy atom. The number of nitrogens with one attached hydrogen (secondary N) is 2. The van der Waals surface area contributed by atoms with Crippen molar-refractivity contribution in [2.75, 3.05) is 13.1 Å². The number of rotatable bonds is 1. The second-order valence-corrected chi connectivity index (χ2v) is 5.02. The van der Waals surface area contributed by atoms with E-state index in [1.807, 2.05) is 0 Å². The summed E-state index contributed by atoms with van der Waals surface area (Å²) in [6.45, 7) is 6.16. The Morgan fingerprint density at radius 3 is 2.89 bits per heavy atom. The molecule has 5 heteroatoms. The average Bonchev–Trinajstić information content (AvgIpc) is 2.72. The van der Waals surface area contributed by atoms with Gasteiger partial charge in [-0.25, -0.2) is 10.4 Å². The van der Waals surface area contributed by atoms with Crippen LogP contribution in [0.25, 0.3) is 0 Å². The summed E-state index contributed by atoms with van der Waals surface area (Å²) in [4.78, 5) is 4.26. The molecule has 18 heavy (non-hydrogen) atoms. The minimum Gasteiger partial charge on any atom is -0.353 e. The average molecular weight is 267 g/mol. The molecule has 0 saturated heterocycles. The summed E-state index contributed by atoms with van der Waals surface area (Å²) in [5.74, 6) is 1.51. The minimum atomic E-state index is 0. The fourth-order valence-electron chi connectivity index (χ4n) is 2.87. The molecule has 3 rings (SSSR count). The first-order valence-corrected chi connectivity index (χ1v) is 6.23. The summed E-state index contributed by atoms with van der Waals surface area (Å²) < 4.78 is 0. The van der Waals surface area contributed by atoms with Crippen LogP contribution in [0.15, 0.2) is 32.9 Å². The van der Waals surface area contributed by atoms with Crippen molar-refractivity contribution in [2.45, 2.75) is 26.7 Å². The Hall–Kier alpha value is -1.29. The number of halogens is 1. The Morgan fingerprint density at radius 2 is 2.22 bits per heavy atom. The van der Waals surface area contributed by atoms with Crippen LogP contribution in [-0.4, -0.2) is 24.8 Å². The first-order valence-electron chi connectivity index (χ1n) is 6.23. The molecule has 1 heterocycles. The third-order valence-corrected chi connectivity index (χ3v) is 3.59. The van der Waals surface area contributed by atoms with Crippen LogP contribution in [0, 0.1) is 5.92 Å². The molecule has 0 amide bonds. The molecule has 3 aliphatic rings. The molecule has 2 aliphatic carbocycles. The molecule has 1 saturated carbocycles. The van der Waals surface area contributed by atoms with E-state index in [-0.39, 0.29) is 12.4 Å². The number of guanidine groups is 1. The zero-order chi connectivity index (χ0) is 11.8. The van der Waals surface area contributed by atoms with Gasteiger partial charge < -0.3 is 5.32 Å². The number of hydrogen-bond acceptors (Lipinski definition) is 4. The number of aliphatic imine (C=N–C) groups is 1. The number of allylic oxidation sites excluding steroid dienone is 4. The largest absolute Gasteiger partial charge is 0.353 e. The van der Waals surface area contributed by atoms with Gasteiger partial charge in [0.15, 0.2) is 0 Å². The van der Waals surface area contributed by atoms with Crippen LogP contribution in [-0.2, 0) is 0 Å². The van der Waals surface area contributed by atoms with E-state index in [0.29, 0.717) is 5.92 Å². The molecule has 1 unspecified atom stereocenters. The highest BCUT2D eigenvalue weighted by Crippen LogP contribution is 2.41. The molecule has 0 aromatic heterocycles. The molecule has 0 bridgehead atoms. The van der Waals surface area contributed by atoms with Gasteiger partial charge in [-0.1, -0.05) is 11.6 Å². The smallest absolute Gasteiger partial charge is 0.212 e. The summed E-state index contributed by atoms with van der Waals surface area (Å²) >= 11 is 0. The van der Waals surface area contributed by atoms with Crippen molar-refractivity contribution in [3.63, 3.8) is 0 Å². The van der Waals surface area contributed by atoms with Gasteiger partial charge in [-0.3, -0.25) is 0 Å². The Kier molecular flexibility index (Phi) is 3.76. The lowest BCUT2D eigenvalue weighted by molar-refractivity contribution is 0.580.